The topological polar surface area (TPSA) is 18.5 Å². The second-order valence-electron chi connectivity index (χ2n) is 5.86. The molecule has 0 fully saturated rings. The smallest absolute Gasteiger partial charge is 0.0342 e. The summed E-state index contributed by atoms with van der Waals surface area (Å²) in [5.41, 5.74) is 2.50. The molecule has 0 aliphatic rings. The summed E-state index contributed by atoms with van der Waals surface area (Å²) >= 11 is 0. The van der Waals surface area contributed by atoms with Gasteiger partial charge in [-0.15, -0.1) is 0 Å². The Morgan fingerprint density at radius 1 is 1.00 bits per heavy atom. The summed E-state index contributed by atoms with van der Waals surface area (Å²) in [7, 11) is 6.34. The van der Waals surface area contributed by atoms with E-state index >= 15 is 0 Å². The van der Waals surface area contributed by atoms with E-state index in [9.17, 15) is 0 Å². The Morgan fingerprint density at radius 2 is 1.55 bits per heavy atom. The van der Waals surface area contributed by atoms with Gasteiger partial charge in [0.2, 0.25) is 0 Å². The van der Waals surface area contributed by atoms with Gasteiger partial charge in [0.1, 0.15) is 0 Å². The normalized spacial score (nSPS) is 10.7. The van der Waals surface area contributed by atoms with E-state index in [1.54, 1.807) is 0 Å². The van der Waals surface area contributed by atoms with Crippen LogP contribution in [-0.2, 0) is 0 Å². The number of likely N-dealkylation sites (N-methyl/N-ethyl adjacent to an activating group) is 2. The Hall–Kier alpha value is -1.06. The van der Waals surface area contributed by atoms with Crippen molar-refractivity contribution in [2.75, 3.05) is 46.1 Å². The Balaban J connectivity index is 0.000000370. The number of nitrogens with one attached hydrogen (secondary N) is 1. The van der Waals surface area contributed by atoms with Gasteiger partial charge in [0.15, 0.2) is 0 Å². The van der Waals surface area contributed by atoms with Crippen molar-refractivity contribution in [2.45, 2.75) is 33.7 Å². The van der Waals surface area contributed by atoms with E-state index in [0.717, 1.165) is 13.1 Å². The summed E-state index contributed by atoms with van der Waals surface area (Å²) < 4.78 is 0. The zero-order chi connectivity index (χ0) is 15.5. The predicted octanol–water partition coefficient (Wildman–Crippen LogP) is 3.32. The molecule has 1 N–H and O–H groups in total. The average molecular weight is 279 g/mol. The molecule has 0 aliphatic carbocycles. The molecule has 20 heavy (non-hydrogen) atoms. The zero-order valence-corrected chi connectivity index (χ0v) is 14.4. The first-order valence-electron chi connectivity index (χ1n) is 7.51. The predicted molar refractivity (Wildman–Crippen MR) is 91.7 cm³/mol. The van der Waals surface area contributed by atoms with Crippen molar-refractivity contribution in [2.24, 2.45) is 0 Å². The summed E-state index contributed by atoms with van der Waals surface area (Å²) in [6, 6.07) is 8.96. The molecule has 0 unspecified atom stereocenters. The quantitative estimate of drug-likeness (QED) is 0.862. The maximum absolute atomic E-state index is 3.33. The SMILES string of the molecule is CCN(C)CCN(C)C.Cc1ccc(NC(C)C)cc1. The van der Waals surface area contributed by atoms with Crippen LogP contribution in [0, 0.1) is 6.92 Å². The molecule has 0 radical (unpaired) electrons. The minimum absolute atomic E-state index is 0.512. The molecule has 0 spiro atoms. The van der Waals surface area contributed by atoms with Crippen molar-refractivity contribution >= 4 is 5.69 Å². The van der Waals surface area contributed by atoms with E-state index in [0.29, 0.717) is 6.04 Å². The van der Waals surface area contributed by atoms with Gasteiger partial charge in [0, 0.05) is 24.8 Å². The largest absolute Gasteiger partial charge is 0.383 e. The molecule has 1 aromatic carbocycles. The van der Waals surface area contributed by atoms with Gasteiger partial charge in [-0.25, -0.2) is 0 Å². The average Bonchev–Trinajstić information content (AvgIpc) is 2.39. The molecule has 0 bridgehead atoms. The second-order valence-corrected chi connectivity index (χ2v) is 5.86. The van der Waals surface area contributed by atoms with Gasteiger partial charge < -0.3 is 15.1 Å². The third-order valence-corrected chi connectivity index (χ3v) is 2.98. The maximum atomic E-state index is 3.33. The standard InChI is InChI=1S/C10H15N.C7H18N2/c1-8(2)11-10-6-4-9(3)5-7-10;1-5-9(4)7-6-8(2)3/h4-8,11H,1-3H3;5-7H2,1-4H3. The number of anilines is 1. The third-order valence-electron chi connectivity index (χ3n) is 2.98. The molecule has 0 amide bonds. The lowest BCUT2D eigenvalue weighted by atomic mass is 10.2. The fraction of sp³-hybridized carbons (Fsp3) is 0.647. The zero-order valence-electron chi connectivity index (χ0n) is 14.4. The first kappa shape index (κ1) is 18.9. The number of nitrogens with zero attached hydrogens (tertiary/aromatic N) is 2. The Kier molecular flexibility index (Phi) is 10.1. The van der Waals surface area contributed by atoms with Crippen molar-refractivity contribution < 1.29 is 0 Å². The van der Waals surface area contributed by atoms with E-state index in [2.05, 4.69) is 88.2 Å². The monoisotopic (exact) mass is 279 g/mol. The lowest BCUT2D eigenvalue weighted by Gasteiger charge is -2.16. The molecule has 3 nitrogen and oxygen atoms in total. The molecule has 3 heteroatoms. The summed E-state index contributed by atoms with van der Waals surface area (Å²) in [6.45, 7) is 12.0. The van der Waals surface area contributed by atoms with Crippen LogP contribution in [0.25, 0.3) is 0 Å². The highest BCUT2D eigenvalue weighted by Gasteiger charge is 1.93. The van der Waals surface area contributed by atoms with Crippen molar-refractivity contribution in [1.82, 2.24) is 9.80 Å². The van der Waals surface area contributed by atoms with Gasteiger partial charge >= 0.3 is 0 Å². The van der Waals surface area contributed by atoms with Crippen molar-refractivity contribution in [3.05, 3.63) is 29.8 Å². The van der Waals surface area contributed by atoms with Gasteiger partial charge in [-0.3, -0.25) is 0 Å². The van der Waals surface area contributed by atoms with Crippen LogP contribution in [0.3, 0.4) is 0 Å². The molecule has 116 valence electrons. The van der Waals surface area contributed by atoms with Gasteiger partial charge in [0.25, 0.3) is 0 Å². The van der Waals surface area contributed by atoms with Crippen LogP contribution in [-0.4, -0.2) is 56.6 Å². The molecule has 0 saturated heterocycles. The van der Waals surface area contributed by atoms with E-state index in [1.165, 1.54) is 17.8 Å². The number of aryl methyl sites for hydroxylation is 1. The van der Waals surface area contributed by atoms with E-state index in [1.807, 2.05) is 0 Å². The Labute approximate surface area is 126 Å². The number of hydrogen-bond acceptors (Lipinski definition) is 3. The van der Waals surface area contributed by atoms with Crippen LogP contribution >= 0.6 is 0 Å². The van der Waals surface area contributed by atoms with Crippen LogP contribution in [0.2, 0.25) is 0 Å². The summed E-state index contributed by atoms with van der Waals surface area (Å²) in [5, 5.41) is 3.33. The van der Waals surface area contributed by atoms with Gasteiger partial charge in [-0.2, -0.15) is 0 Å². The van der Waals surface area contributed by atoms with Crippen LogP contribution in [0.1, 0.15) is 26.3 Å². The Bertz CT molecular complexity index is 331. The van der Waals surface area contributed by atoms with Gasteiger partial charge in [0.05, 0.1) is 0 Å². The van der Waals surface area contributed by atoms with Gasteiger partial charge in [-0.05, 0) is 60.6 Å². The van der Waals surface area contributed by atoms with Crippen molar-refractivity contribution in [3.63, 3.8) is 0 Å². The van der Waals surface area contributed by atoms with Crippen molar-refractivity contribution in [3.8, 4) is 0 Å². The first-order chi connectivity index (χ1) is 9.35. The molecule has 0 heterocycles. The number of rotatable bonds is 6. The number of benzene rings is 1. The molecule has 0 aliphatic heterocycles. The fourth-order valence-electron chi connectivity index (χ4n) is 1.51. The lowest BCUT2D eigenvalue weighted by Crippen LogP contribution is -2.28. The molecular weight excluding hydrogens is 246 g/mol. The lowest BCUT2D eigenvalue weighted by molar-refractivity contribution is 0.292. The summed E-state index contributed by atoms with van der Waals surface area (Å²) in [6.07, 6.45) is 0. The molecule has 0 atom stereocenters. The highest BCUT2D eigenvalue weighted by Crippen LogP contribution is 2.09. The van der Waals surface area contributed by atoms with E-state index in [-0.39, 0.29) is 0 Å². The maximum Gasteiger partial charge on any atom is 0.0342 e. The number of hydrogen-bond donors (Lipinski definition) is 1. The second kappa shape index (κ2) is 10.7. The fourth-order valence-corrected chi connectivity index (χ4v) is 1.51. The van der Waals surface area contributed by atoms with Crippen LogP contribution in [0.5, 0.6) is 0 Å². The molecule has 1 rings (SSSR count). The first-order valence-corrected chi connectivity index (χ1v) is 7.51. The molecular formula is C17H33N3. The van der Waals surface area contributed by atoms with E-state index < -0.39 is 0 Å². The van der Waals surface area contributed by atoms with Gasteiger partial charge in [-0.1, -0.05) is 24.6 Å². The summed E-state index contributed by atoms with van der Waals surface area (Å²) in [5.74, 6) is 0. The van der Waals surface area contributed by atoms with Crippen LogP contribution in [0.4, 0.5) is 5.69 Å². The Morgan fingerprint density at radius 3 is 1.95 bits per heavy atom. The minimum Gasteiger partial charge on any atom is -0.383 e. The molecule has 0 saturated carbocycles. The van der Waals surface area contributed by atoms with Crippen LogP contribution < -0.4 is 5.32 Å². The summed E-state index contributed by atoms with van der Waals surface area (Å²) in [4.78, 5) is 4.51. The highest BCUT2D eigenvalue weighted by atomic mass is 15.1. The molecule has 1 aromatic rings. The van der Waals surface area contributed by atoms with E-state index in [4.69, 9.17) is 0 Å². The minimum atomic E-state index is 0.512. The molecule has 0 aromatic heterocycles. The third kappa shape index (κ3) is 10.8. The van der Waals surface area contributed by atoms with Crippen molar-refractivity contribution in [1.29, 1.82) is 0 Å². The van der Waals surface area contributed by atoms with Crippen LogP contribution in [0.15, 0.2) is 24.3 Å². The highest BCUT2D eigenvalue weighted by molar-refractivity contribution is 5.44.